The van der Waals surface area contributed by atoms with Gasteiger partial charge >= 0.3 is 0 Å². The van der Waals surface area contributed by atoms with Gasteiger partial charge < -0.3 is 5.32 Å². The summed E-state index contributed by atoms with van der Waals surface area (Å²) in [6.07, 6.45) is 24.6. The van der Waals surface area contributed by atoms with Crippen molar-refractivity contribution in [3.8, 4) is 0 Å². The van der Waals surface area contributed by atoms with E-state index in [1.54, 1.807) is 6.08 Å². The highest BCUT2D eigenvalue weighted by atomic mass is 16.1. The predicted octanol–water partition coefficient (Wildman–Crippen LogP) is 6.94. The van der Waals surface area contributed by atoms with Gasteiger partial charge in [0.1, 0.15) is 0 Å². The summed E-state index contributed by atoms with van der Waals surface area (Å²) >= 11 is 0. The van der Waals surface area contributed by atoms with Crippen LogP contribution in [-0.4, -0.2) is 12.5 Å². The molecule has 2 heteroatoms. The van der Waals surface area contributed by atoms with Gasteiger partial charge in [-0.2, -0.15) is 0 Å². The van der Waals surface area contributed by atoms with Crippen LogP contribution >= 0.6 is 0 Å². The van der Waals surface area contributed by atoms with E-state index in [0.717, 1.165) is 19.4 Å². The lowest BCUT2D eigenvalue weighted by Gasteiger charge is -2.03. The molecule has 0 heterocycles. The Bertz CT molecular complexity index is 286. The Kier molecular flexibility index (Phi) is 19.6. The molecule has 0 aliphatic carbocycles. The van der Waals surface area contributed by atoms with Gasteiger partial charge in [0.15, 0.2) is 0 Å². The molecule has 0 saturated carbocycles. The zero-order valence-corrected chi connectivity index (χ0v) is 16.6. The molecule has 0 aliphatic heterocycles. The van der Waals surface area contributed by atoms with E-state index in [1.807, 2.05) is 6.08 Å². The monoisotopic (exact) mass is 337 g/mol. The number of rotatable bonds is 18. The van der Waals surface area contributed by atoms with Gasteiger partial charge in [0.25, 0.3) is 0 Å². The van der Waals surface area contributed by atoms with Crippen LogP contribution in [0, 0.1) is 0 Å². The Hall–Kier alpha value is -0.790. The second kappa shape index (κ2) is 20.3. The van der Waals surface area contributed by atoms with Gasteiger partial charge in [-0.25, -0.2) is 0 Å². The Morgan fingerprint density at radius 1 is 0.667 bits per heavy atom. The summed E-state index contributed by atoms with van der Waals surface area (Å²) in [5.41, 5.74) is 0. The number of carbonyl (C=O) groups excluding carboxylic acids is 1. The van der Waals surface area contributed by atoms with Gasteiger partial charge in [-0.15, -0.1) is 0 Å². The van der Waals surface area contributed by atoms with Gasteiger partial charge in [0.05, 0.1) is 0 Å². The SMILES string of the molecule is CCCCCCCC=CC(=O)NCCCCCCCCCCCC. The van der Waals surface area contributed by atoms with Crippen LogP contribution < -0.4 is 5.32 Å². The Morgan fingerprint density at radius 3 is 1.67 bits per heavy atom. The average Bonchev–Trinajstić information content (AvgIpc) is 2.59. The van der Waals surface area contributed by atoms with Crippen LogP contribution in [0.5, 0.6) is 0 Å². The molecule has 0 spiro atoms. The largest absolute Gasteiger partial charge is 0.353 e. The van der Waals surface area contributed by atoms with Crippen molar-refractivity contribution in [3.05, 3.63) is 12.2 Å². The van der Waals surface area contributed by atoms with E-state index < -0.39 is 0 Å². The van der Waals surface area contributed by atoms with Crippen molar-refractivity contribution < 1.29 is 4.79 Å². The molecule has 2 nitrogen and oxygen atoms in total. The van der Waals surface area contributed by atoms with Crippen molar-refractivity contribution in [2.45, 2.75) is 117 Å². The zero-order valence-electron chi connectivity index (χ0n) is 16.6. The van der Waals surface area contributed by atoms with Gasteiger partial charge in [0, 0.05) is 6.54 Å². The minimum atomic E-state index is 0.0829. The topological polar surface area (TPSA) is 29.1 Å². The highest BCUT2D eigenvalue weighted by molar-refractivity contribution is 5.87. The Morgan fingerprint density at radius 2 is 1.12 bits per heavy atom. The minimum Gasteiger partial charge on any atom is -0.353 e. The summed E-state index contributed by atoms with van der Waals surface area (Å²) in [5, 5.41) is 2.99. The molecule has 0 aromatic carbocycles. The lowest BCUT2D eigenvalue weighted by atomic mass is 10.1. The number of hydrogen-bond donors (Lipinski definition) is 1. The van der Waals surface area contributed by atoms with E-state index in [9.17, 15) is 4.79 Å². The van der Waals surface area contributed by atoms with Crippen LogP contribution in [0.25, 0.3) is 0 Å². The Labute approximate surface area is 151 Å². The standard InChI is InChI=1S/C22H43NO/c1-3-5-7-9-11-12-13-15-17-19-21-23-22(24)20-18-16-14-10-8-6-4-2/h18,20H,3-17,19,21H2,1-2H3,(H,23,24). The third-order valence-electron chi connectivity index (χ3n) is 4.57. The van der Waals surface area contributed by atoms with E-state index >= 15 is 0 Å². The maximum Gasteiger partial charge on any atom is 0.243 e. The van der Waals surface area contributed by atoms with E-state index in [-0.39, 0.29) is 5.91 Å². The minimum absolute atomic E-state index is 0.0829. The highest BCUT2D eigenvalue weighted by Gasteiger charge is 1.96. The number of allylic oxidation sites excluding steroid dienone is 1. The first kappa shape index (κ1) is 23.2. The third-order valence-corrected chi connectivity index (χ3v) is 4.57. The molecule has 0 rings (SSSR count). The van der Waals surface area contributed by atoms with Gasteiger partial charge in [-0.1, -0.05) is 103 Å². The Balaban J connectivity index is 3.22. The zero-order chi connectivity index (χ0) is 17.7. The molecule has 1 amide bonds. The summed E-state index contributed by atoms with van der Waals surface area (Å²) in [6, 6.07) is 0. The molecule has 0 aromatic heterocycles. The molecule has 0 saturated heterocycles. The fraction of sp³-hybridized carbons (Fsp3) is 0.864. The summed E-state index contributed by atoms with van der Waals surface area (Å²) in [5.74, 6) is 0.0829. The van der Waals surface area contributed by atoms with Crippen LogP contribution in [0.1, 0.15) is 117 Å². The molecule has 0 aliphatic rings. The maximum absolute atomic E-state index is 11.6. The molecular weight excluding hydrogens is 294 g/mol. The van der Waals surface area contributed by atoms with Crippen LogP contribution in [0.3, 0.4) is 0 Å². The lowest BCUT2D eigenvalue weighted by Crippen LogP contribution is -2.21. The van der Waals surface area contributed by atoms with Crippen molar-refractivity contribution in [2.24, 2.45) is 0 Å². The molecule has 1 N–H and O–H groups in total. The first-order chi connectivity index (χ1) is 11.8. The maximum atomic E-state index is 11.6. The number of amides is 1. The molecule has 24 heavy (non-hydrogen) atoms. The molecule has 142 valence electrons. The number of unbranched alkanes of at least 4 members (excludes halogenated alkanes) is 14. The summed E-state index contributed by atoms with van der Waals surface area (Å²) < 4.78 is 0. The van der Waals surface area contributed by atoms with E-state index in [1.165, 1.54) is 89.9 Å². The smallest absolute Gasteiger partial charge is 0.243 e. The van der Waals surface area contributed by atoms with E-state index in [2.05, 4.69) is 19.2 Å². The highest BCUT2D eigenvalue weighted by Crippen LogP contribution is 2.10. The molecular formula is C22H43NO. The van der Waals surface area contributed by atoms with Crippen molar-refractivity contribution >= 4 is 5.91 Å². The van der Waals surface area contributed by atoms with Crippen LogP contribution in [0.2, 0.25) is 0 Å². The first-order valence-corrected chi connectivity index (χ1v) is 10.8. The number of hydrogen-bond acceptors (Lipinski definition) is 1. The van der Waals surface area contributed by atoms with Crippen molar-refractivity contribution in [1.29, 1.82) is 0 Å². The van der Waals surface area contributed by atoms with Crippen LogP contribution in [0.15, 0.2) is 12.2 Å². The molecule has 0 unspecified atom stereocenters. The summed E-state index contributed by atoms with van der Waals surface area (Å²) in [7, 11) is 0. The van der Waals surface area contributed by atoms with E-state index in [4.69, 9.17) is 0 Å². The van der Waals surface area contributed by atoms with Crippen LogP contribution in [-0.2, 0) is 4.79 Å². The normalized spacial score (nSPS) is 11.2. The lowest BCUT2D eigenvalue weighted by molar-refractivity contribution is -0.116. The molecule has 0 fully saturated rings. The number of carbonyl (C=O) groups is 1. The summed E-state index contributed by atoms with van der Waals surface area (Å²) in [4.78, 5) is 11.6. The van der Waals surface area contributed by atoms with Gasteiger partial charge in [-0.05, 0) is 25.3 Å². The fourth-order valence-electron chi connectivity index (χ4n) is 2.94. The quantitative estimate of drug-likeness (QED) is 0.213. The molecule has 0 radical (unpaired) electrons. The summed E-state index contributed by atoms with van der Waals surface area (Å²) in [6.45, 7) is 5.33. The second-order valence-corrected chi connectivity index (χ2v) is 7.08. The average molecular weight is 338 g/mol. The van der Waals surface area contributed by atoms with Crippen molar-refractivity contribution in [3.63, 3.8) is 0 Å². The fourth-order valence-corrected chi connectivity index (χ4v) is 2.94. The molecule has 0 atom stereocenters. The van der Waals surface area contributed by atoms with Crippen molar-refractivity contribution in [2.75, 3.05) is 6.54 Å². The van der Waals surface area contributed by atoms with Gasteiger partial charge in [0.2, 0.25) is 5.91 Å². The third kappa shape index (κ3) is 19.3. The predicted molar refractivity (Wildman–Crippen MR) is 107 cm³/mol. The molecule has 0 bridgehead atoms. The van der Waals surface area contributed by atoms with Gasteiger partial charge in [-0.3, -0.25) is 4.79 Å². The number of nitrogens with one attached hydrogen (secondary N) is 1. The van der Waals surface area contributed by atoms with Crippen molar-refractivity contribution in [1.82, 2.24) is 5.32 Å². The van der Waals surface area contributed by atoms with Crippen LogP contribution in [0.4, 0.5) is 0 Å². The first-order valence-electron chi connectivity index (χ1n) is 10.8. The second-order valence-electron chi connectivity index (χ2n) is 7.08. The van der Waals surface area contributed by atoms with E-state index in [0.29, 0.717) is 0 Å². The molecule has 0 aromatic rings.